The van der Waals surface area contributed by atoms with Crippen molar-refractivity contribution in [2.75, 3.05) is 32.6 Å². The fraction of sp³-hybridized carbons (Fsp3) is 0.379. The molecule has 2 fully saturated rings. The number of carbonyl (C=O) groups is 4. The number of cyclic esters (lactones) is 1. The molecule has 2 aromatic carbocycles. The predicted molar refractivity (Wildman–Crippen MR) is 163 cm³/mol. The topological polar surface area (TPSA) is 152 Å². The maximum atomic E-state index is 13.8. The van der Waals surface area contributed by atoms with E-state index in [2.05, 4.69) is 11.9 Å². The van der Waals surface area contributed by atoms with Gasteiger partial charge in [-0.1, -0.05) is 66.2 Å². The largest absolute Gasteiger partial charge is 0.486 e. The van der Waals surface area contributed by atoms with Gasteiger partial charge in [0.2, 0.25) is 10.0 Å². The maximum Gasteiger partial charge on any atom is 0.308 e. The zero-order valence-corrected chi connectivity index (χ0v) is 26.6. The van der Waals surface area contributed by atoms with Crippen LogP contribution in [0.5, 0.6) is 5.75 Å². The van der Waals surface area contributed by atoms with Gasteiger partial charge < -0.3 is 14.8 Å². The molecule has 2 saturated heterocycles. The van der Waals surface area contributed by atoms with Gasteiger partial charge in [0.1, 0.15) is 38.4 Å². The lowest BCUT2D eigenvalue weighted by molar-refractivity contribution is -0.208. The first kappa shape index (κ1) is 34.2. The van der Waals surface area contributed by atoms with Crippen LogP contribution < -0.4 is 10.1 Å². The highest BCUT2D eigenvalue weighted by Gasteiger charge is 2.41. The minimum Gasteiger partial charge on any atom is -0.486 e. The number of ether oxygens (including phenoxy) is 2. The number of carbonyl (C=O) groups excluding carboxylic acids is 4. The molecule has 13 nitrogen and oxygen atoms in total. The van der Waals surface area contributed by atoms with Crippen LogP contribution in [-0.4, -0.2) is 91.2 Å². The highest BCUT2D eigenvalue weighted by molar-refractivity contribution is 7.88. The van der Waals surface area contributed by atoms with E-state index in [1.807, 2.05) is 6.07 Å². The first-order valence-electron chi connectivity index (χ1n) is 13.9. The van der Waals surface area contributed by atoms with Crippen molar-refractivity contribution in [3.05, 3.63) is 76.3 Å². The fourth-order valence-electron chi connectivity index (χ4n) is 4.76. The quantitative estimate of drug-likeness (QED) is 0.202. The van der Waals surface area contributed by atoms with Gasteiger partial charge in [-0.3, -0.25) is 29.0 Å². The summed E-state index contributed by atoms with van der Waals surface area (Å²) >= 11 is 12.5. The number of benzene rings is 2. The number of hydrogen-bond acceptors (Lipinski definition) is 9. The zero-order chi connectivity index (χ0) is 32.7. The second-order valence-electron chi connectivity index (χ2n) is 10.3. The number of amides is 3. The number of nitrogens with zero attached hydrogens (tertiary/aromatic N) is 3. The molecular formula is C29H32Cl2N4O9S. The van der Waals surface area contributed by atoms with Crippen LogP contribution >= 0.6 is 23.2 Å². The summed E-state index contributed by atoms with van der Waals surface area (Å²) in [5, 5.41) is 4.45. The molecule has 0 bridgehead atoms. The molecule has 3 amide bonds. The normalized spacial score (nSPS) is 19.0. The summed E-state index contributed by atoms with van der Waals surface area (Å²) in [6.45, 7) is 2.62. The second kappa shape index (κ2) is 15.1. The Balaban J connectivity index is 1.56. The third-order valence-electron chi connectivity index (χ3n) is 6.87. The molecule has 2 atom stereocenters. The van der Waals surface area contributed by atoms with Gasteiger partial charge in [-0.25, -0.2) is 13.5 Å². The molecule has 2 aromatic rings. The molecule has 0 aromatic heterocycles. The van der Waals surface area contributed by atoms with Crippen molar-refractivity contribution in [2.45, 2.75) is 38.0 Å². The van der Waals surface area contributed by atoms with Crippen molar-refractivity contribution in [1.82, 2.24) is 19.8 Å². The Morgan fingerprint density at radius 1 is 1.18 bits per heavy atom. The van der Waals surface area contributed by atoms with Crippen molar-refractivity contribution in [1.29, 1.82) is 0 Å². The molecule has 2 unspecified atom stereocenters. The van der Waals surface area contributed by atoms with E-state index in [9.17, 15) is 27.6 Å². The number of hydroxylamine groups is 2. The van der Waals surface area contributed by atoms with Gasteiger partial charge in [-0.2, -0.15) is 0 Å². The van der Waals surface area contributed by atoms with Crippen molar-refractivity contribution in [3.63, 3.8) is 0 Å². The number of nitrogens with one attached hydrogen (secondary N) is 1. The standard InChI is InChI=1S/C29H32Cl2N4O9S/c1-3-12-42-27-22(30)13-20(14-23(27)31)28(38)32-24-10-7-11-34(45(2,40)41)33(29(24)39)16-25(36)35(21-15-26(37)43-18-21)44-17-19-8-5-4-6-9-19/h3-6,8-9,13-14,21,24H,1,7,10-12,15-18H2,2H3,(H,32,38). The lowest BCUT2D eigenvalue weighted by atomic mass is 10.1. The SMILES string of the molecule is C=CCOc1c(Cl)cc(C(=O)NC2CCCN(S(C)(=O)=O)N(CC(=O)N(OCc3ccccc3)C3COC(=O)C3)C2=O)cc1Cl. The van der Waals surface area contributed by atoms with Gasteiger partial charge in [0.15, 0.2) is 5.75 Å². The summed E-state index contributed by atoms with van der Waals surface area (Å²) in [6.07, 6.45) is 2.51. The summed E-state index contributed by atoms with van der Waals surface area (Å²) in [5.41, 5.74) is 0.759. The Hall–Kier alpha value is -3.69. The summed E-state index contributed by atoms with van der Waals surface area (Å²) < 4.78 is 36.8. The van der Waals surface area contributed by atoms with Crippen LogP contribution in [0.1, 0.15) is 35.2 Å². The summed E-state index contributed by atoms with van der Waals surface area (Å²) in [5.74, 6) is -2.72. The van der Waals surface area contributed by atoms with E-state index in [1.165, 1.54) is 18.2 Å². The lowest BCUT2D eigenvalue weighted by Crippen LogP contribution is -2.57. The van der Waals surface area contributed by atoms with Crippen LogP contribution in [0.4, 0.5) is 0 Å². The fourth-order valence-corrected chi connectivity index (χ4v) is 6.31. The Labute approximate surface area is 270 Å². The molecule has 0 radical (unpaired) electrons. The highest BCUT2D eigenvalue weighted by atomic mass is 35.5. The first-order chi connectivity index (χ1) is 21.4. The van der Waals surface area contributed by atoms with E-state index in [1.54, 1.807) is 24.3 Å². The molecule has 2 heterocycles. The van der Waals surface area contributed by atoms with Crippen LogP contribution in [0.25, 0.3) is 0 Å². The number of rotatable bonds is 12. The van der Waals surface area contributed by atoms with E-state index in [0.717, 1.165) is 26.3 Å². The predicted octanol–water partition coefficient (Wildman–Crippen LogP) is 2.73. The van der Waals surface area contributed by atoms with Crippen LogP contribution in [-0.2, 0) is 40.6 Å². The maximum absolute atomic E-state index is 13.8. The summed E-state index contributed by atoms with van der Waals surface area (Å²) in [4.78, 5) is 58.4. The van der Waals surface area contributed by atoms with E-state index >= 15 is 0 Å². The third-order valence-corrected chi connectivity index (χ3v) is 8.58. The lowest BCUT2D eigenvalue weighted by Gasteiger charge is -2.34. The molecule has 4 rings (SSSR count). The minimum absolute atomic E-state index is 0.0296. The van der Waals surface area contributed by atoms with Gasteiger partial charge in [0, 0.05) is 12.1 Å². The Bertz CT molecular complexity index is 1530. The number of hydrazine groups is 1. The van der Waals surface area contributed by atoms with Crippen molar-refractivity contribution in [3.8, 4) is 5.75 Å². The van der Waals surface area contributed by atoms with E-state index in [4.69, 9.17) is 37.5 Å². The van der Waals surface area contributed by atoms with Crippen molar-refractivity contribution < 1.29 is 41.9 Å². The van der Waals surface area contributed by atoms with E-state index in [-0.39, 0.29) is 67.0 Å². The van der Waals surface area contributed by atoms with Crippen molar-refractivity contribution in [2.24, 2.45) is 0 Å². The average Bonchev–Trinajstić information content (AvgIpc) is 3.35. The van der Waals surface area contributed by atoms with Crippen LogP contribution in [0.2, 0.25) is 10.0 Å². The average molecular weight is 684 g/mol. The Kier molecular flexibility index (Phi) is 11.4. The van der Waals surface area contributed by atoms with Gasteiger partial charge in [-0.05, 0) is 30.5 Å². The third kappa shape index (κ3) is 8.73. The zero-order valence-electron chi connectivity index (χ0n) is 24.3. The molecule has 0 spiro atoms. The number of halogens is 2. The molecule has 2 aliphatic heterocycles. The van der Waals surface area contributed by atoms with Gasteiger partial charge in [0.25, 0.3) is 17.7 Å². The second-order valence-corrected chi connectivity index (χ2v) is 13.0. The van der Waals surface area contributed by atoms with Crippen LogP contribution in [0, 0.1) is 0 Å². The van der Waals surface area contributed by atoms with Crippen molar-refractivity contribution >= 4 is 56.9 Å². The monoisotopic (exact) mass is 682 g/mol. The molecule has 1 N–H and O–H groups in total. The summed E-state index contributed by atoms with van der Waals surface area (Å²) in [7, 11) is -4.03. The van der Waals surface area contributed by atoms with E-state index in [0.29, 0.717) is 0 Å². The molecule has 2 aliphatic rings. The Morgan fingerprint density at radius 3 is 2.47 bits per heavy atom. The Morgan fingerprint density at radius 2 is 1.87 bits per heavy atom. The smallest absolute Gasteiger partial charge is 0.308 e. The van der Waals surface area contributed by atoms with Gasteiger partial charge in [0.05, 0.1) is 22.7 Å². The van der Waals surface area contributed by atoms with Crippen LogP contribution in [0.15, 0.2) is 55.1 Å². The van der Waals surface area contributed by atoms with Crippen LogP contribution in [0.3, 0.4) is 0 Å². The molecule has 242 valence electrons. The molecule has 0 saturated carbocycles. The number of hydrogen-bond donors (Lipinski definition) is 1. The molecule has 0 aliphatic carbocycles. The van der Waals surface area contributed by atoms with Gasteiger partial charge in [-0.15, -0.1) is 4.41 Å². The summed E-state index contributed by atoms with van der Waals surface area (Å²) in [6, 6.07) is 9.57. The molecular weight excluding hydrogens is 651 g/mol. The number of esters is 1. The number of sulfonamides is 1. The van der Waals surface area contributed by atoms with E-state index < -0.39 is 52.3 Å². The minimum atomic E-state index is -4.03. The first-order valence-corrected chi connectivity index (χ1v) is 16.5. The molecule has 16 heteroatoms. The molecule has 45 heavy (non-hydrogen) atoms. The van der Waals surface area contributed by atoms with Gasteiger partial charge >= 0.3 is 5.97 Å². The highest BCUT2D eigenvalue weighted by Crippen LogP contribution is 2.34.